The summed E-state index contributed by atoms with van der Waals surface area (Å²) < 4.78 is 13.5. The van der Waals surface area contributed by atoms with E-state index >= 15 is 0 Å². The molecule has 0 saturated carbocycles. The Labute approximate surface area is 155 Å². The van der Waals surface area contributed by atoms with Crippen LogP contribution in [0.5, 0.6) is 5.75 Å². The maximum atomic E-state index is 10.3. The lowest BCUT2D eigenvalue weighted by atomic mass is 10.1. The van der Waals surface area contributed by atoms with Crippen LogP contribution in [0.4, 0.5) is 0 Å². The van der Waals surface area contributed by atoms with Gasteiger partial charge in [-0.1, -0.05) is 6.07 Å². The first-order valence-corrected chi connectivity index (χ1v) is 9.21. The van der Waals surface area contributed by atoms with Crippen molar-refractivity contribution in [2.45, 2.75) is 39.5 Å². The van der Waals surface area contributed by atoms with Crippen LogP contribution in [0.1, 0.15) is 16.7 Å². The third-order valence-electron chi connectivity index (χ3n) is 4.77. The summed E-state index contributed by atoms with van der Waals surface area (Å²) in [6.45, 7) is 10.1. The van der Waals surface area contributed by atoms with Gasteiger partial charge in [0.25, 0.3) is 0 Å². The molecule has 1 aliphatic rings. The molecule has 0 radical (unpaired) electrons. The van der Waals surface area contributed by atoms with Crippen LogP contribution < -0.4 is 4.74 Å². The number of hydrogen-bond donors (Lipinski definition) is 1. The molecule has 0 aliphatic carbocycles. The minimum atomic E-state index is -0.526. The molecule has 1 saturated heterocycles. The van der Waals surface area contributed by atoms with Gasteiger partial charge in [0.05, 0.1) is 25.5 Å². The van der Waals surface area contributed by atoms with E-state index in [9.17, 15) is 5.11 Å². The number of aliphatic hydroxyl groups excluding tert-OH is 1. The summed E-state index contributed by atoms with van der Waals surface area (Å²) >= 11 is 0. The Balaban J connectivity index is 1.44. The van der Waals surface area contributed by atoms with Crippen LogP contribution in [0.25, 0.3) is 0 Å². The molecule has 26 heavy (non-hydrogen) atoms. The van der Waals surface area contributed by atoms with Crippen molar-refractivity contribution >= 4 is 0 Å². The second-order valence-corrected chi connectivity index (χ2v) is 7.20. The topological polar surface area (TPSA) is 59.8 Å². The van der Waals surface area contributed by atoms with Crippen molar-refractivity contribution in [3.63, 3.8) is 0 Å². The number of morpholine rings is 1. The highest BCUT2D eigenvalue weighted by Gasteiger charge is 2.23. The van der Waals surface area contributed by atoms with E-state index in [1.165, 1.54) is 11.1 Å². The van der Waals surface area contributed by atoms with Crippen LogP contribution in [-0.2, 0) is 11.3 Å². The number of aliphatic hydroxyl groups is 1. The number of ether oxygens (including phenoxy) is 2. The molecular weight excluding hydrogens is 330 g/mol. The number of β-amino-alcohol motifs (C(OH)–C–C–N with tert-alkyl or cyclic N) is 1. The fraction of sp³-hybridized carbons (Fsp3) is 0.550. The maximum absolute atomic E-state index is 10.3. The van der Waals surface area contributed by atoms with E-state index in [1.54, 1.807) is 0 Å². The molecule has 2 aromatic rings. The third kappa shape index (κ3) is 5.30. The normalized spacial score (nSPS) is 19.5. The Morgan fingerprint density at radius 3 is 2.88 bits per heavy atom. The fourth-order valence-corrected chi connectivity index (χ4v) is 3.18. The molecule has 2 unspecified atom stereocenters. The van der Waals surface area contributed by atoms with E-state index in [-0.39, 0.29) is 6.10 Å². The van der Waals surface area contributed by atoms with Crippen molar-refractivity contribution in [2.75, 3.05) is 32.8 Å². The molecule has 0 spiro atoms. The predicted molar refractivity (Wildman–Crippen MR) is 101 cm³/mol. The van der Waals surface area contributed by atoms with Gasteiger partial charge in [-0.2, -0.15) is 5.10 Å². The van der Waals surface area contributed by atoms with E-state index < -0.39 is 6.10 Å². The molecular formula is C20H29N3O3. The largest absolute Gasteiger partial charge is 0.491 e. The van der Waals surface area contributed by atoms with Gasteiger partial charge in [-0.25, -0.2) is 0 Å². The van der Waals surface area contributed by atoms with E-state index in [2.05, 4.69) is 23.8 Å². The SMILES string of the molecule is Cc1cnn(CC2CN(CC(O)COc3ccc(C)c(C)c3)CCO2)c1. The fourth-order valence-electron chi connectivity index (χ4n) is 3.18. The molecule has 6 heteroatoms. The van der Waals surface area contributed by atoms with E-state index in [0.717, 1.165) is 30.9 Å². The molecule has 1 N–H and O–H groups in total. The quantitative estimate of drug-likeness (QED) is 0.819. The Hall–Kier alpha value is -1.89. The van der Waals surface area contributed by atoms with Crippen LogP contribution in [-0.4, -0.2) is 64.8 Å². The standard InChI is InChI=1S/C20H29N3O3/c1-15-9-21-23(10-15)13-20-12-22(6-7-25-20)11-18(24)14-26-19-5-4-16(2)17(3)8-19/h4-5,8-10,18,20,24H,6-7,11-14H2,1-3H3. The molecule has 2 heterocycles. The van der Waals surface area contributed by atoms with Gasteiger partial charge in [0.15, 0.2) is 0 Å². The van der Waals surface area contributed by atoms with Gasteiger partial charge in [-0.15, -0.1) is 0 Å². The van der Waals surface area contributed by atoms with Crippen LogP contribution in [0.2, 0.25) is 0 Å². The minimum Gasteiger partial charge on any atom is -0.491 e. The van der Waals surface area contributed by atoms with Crippen molar-refractivity contribution in [3.8, 4) is 5.75 Å². The zero-order chi connectivity index (χ0) is 18.5. The Kier molecular flexibility index (Phi) is 6.29. The summed E-state index contributed by atoms with van der Waals surface area (Å²) in [5, 5.41) is 14.7. The number of aryl methyl sites for hydroxylation is 3. The predicted octanol–water partition coefficient (Wildman–Crippen LogP) is 1.95. The van der Waals surface area contributed by atoms with Crippen LogP contribution in [0.15, 0.2) is 30.6 Å². The second kappa shape index (κ2) is 8.66. The van der Waals surface area contributed by atoms with Gasteiger partial charge in [0.2, 0.25) is 0 Å². The van der Waals surface area contributed by atoms with Crippen molar-refractivity contribution in [1.82, 2.24) is 14.7 Å². The van der Waals surface area contributed by atoms with Gasteiger partial charge in [-0.05, 0) is 49.6 Å². The highest BCUT2D eigenvalue weighted by Crippen LogP contribution is 2.17. The molecule has 1 aromatic carbocycles. The Bertz CT molecular complexity index is 716. The average molecular weight is 359 g/mol. The first-order valence-electron chi connectivity index (χ1n) is 9.21. The number of rotatable bonds is 7. The lowest BCUT2D eigenvalue weighted by molar-refractivity contribution is -0.0517. The zero-order valence-corrected chi connectivity index (χ0v) is 15.9. The average Bonchev–Trinajstić information content (AvgIpc) is 3.01. The number of nitrogens with zero attached hydrogens (tertiary/aromatic N) is 3. The van der Waals surface area contributed by atoms with Crippen molar-refractivity contribution < 1.29 is 14.6 Å². The summed E-state index contributed by atoms with van der Waals surface area (Å²) in [7, 11) is 0. The number of aromatic nitrogens is 2. The molecule has 1 aliphatic heterocycles. The molecule has 6 nitrogen and oxygen atoms in total. The Morgan fingerprint density at radius 2 is 2.15 bits per heavy atom. The van der Waals surface area contributed by atoms with E-state index in [1.807, 2.05) is 42.2 Å². The monoisotopic (exact) mass is 359 g/mol. The Morgan fingerprint density at radius 1 is 1.31 bits per heavy atom. The van der Waals surface area contributed by atoms with Crippen molar-refractivity contribution in [3.05, 3.63) is 47.3 Å². The molecule has 1 aromatic heterocycles. The zero-order valence-electron chi connectivity index (χ0n) is 15.9. The molecule has 3 rings (SSSR count). The number of hydrogen-bond acceptors (Lipinski definition) is 5. The lowest BCUT2D eigenvalue weighted by Crippen LogP contribution is -2.47. The highest BCUT2D eigenvalue weighted by molar-refractivity contribution is 5.33. The summed E-state index contributed by atoms with van der Waals surface area (Å²) in [5.74, 6) is 0.807. The summed E-state index contributed by atoms with van der Waals surface area (Å²) in [5.41, 5.74) is 3.59. The first kappa shape index (κ1) is 18.9. The van der Waals surface area contributed by atoms with Crippen LogP contribution in [0, 0.1) is 20.8 Å². The minimum absolute atomic E-state index is 0.0934. The van der Waals surface area contributed by atoms with Crippen molar-refractivity contribution in [2.24, 2.45) is 0 Å². The van der Waals surface area contributed by atoms with Gasteiger partial charge in [0, 0.05) is 25.8 Å². The van der Waals surface area contributed by atoms with Crippen molar-refractivity contribution in [1.29, 1.82) is 0 Å². The molecule has 2 atom stereocenters. The maximum Gasteiger partial charge on any atom is 0.119 e. The van der Waals surface area contributed by atoms with Gasteiger partial charge in [0.1, 0.15) is 18.5 Å². The van der Waals surface area contributed by atoms with Gasteiger partial charge >= 0.3 is 0 Å². The summed E-state index contributed by atoms with van der Waals surface area (Å²) in [6.07, 6.45) is 3.45. The van der Waals surface area contributed by atoms with E-state index in [4.69, 9.17) is 9.47 Å². The first-order chi connectivity index (χ1) is 12.5. The smallest absolute Gasteiger partial charge is 0.119 e. The summed E-state index contributed by atoms with van der Waals surface area (Å²) in [4.78, 5) is 2.24. The molecule has 0 bridgehead atoms. The summed E-state index contributed by atoms with van der Waals surface area (Å²) in [6, 6.07) is 6.01. The lowest BCUT2D eigenvalue weighted by Gasteiger charge is -2.34. The van der Waals surface area contributed by atoms with Gasteiger partial charge < -0.3 is 14.6 Å². The number of benzene rings is 1. The second-order valence-electron chi connectivity index (χ2n) is 7.20. The highest BCUT2D eigenvalue weighted by atomic mass is 16.5. The molecule has 0 amide bonds. The van der Waals surface area contributed by atoms with E-state index in [0.29, 0.717) is 19.8 Å². The third-order valence-corrected chi connectivity index (χ3v) is 4.77. The molecule has 142 valence electrons. The van der Waals surface area contributed by atoms with Crippen LogP contribution in [0.3, 0.4) is 0 Å². The molecule has 1 fully saturated rings. The van der Waals surface area contributed by atoms with Gasteiger partial charge in [-0.3, -0.25) is 9.58 Å². The van der Waals surface area contributed by atoms with Crippen LogP contribution >= 0.6 is 0 Å².